The van der Waals surface area contributed by atoms with Crippen LogP contribution in [-0.2, 0) is 10.3 Å². The number of benzene rings is 3. The van der Waals surface area contributed by atoms with E-state index in [9.17, 15) is 10.1 Å². The van der Waals surface area contributed by atoms with Gasteiger partial charge >= 0.3 is 0 Å². The zero-order chi connectivity index (χ0) is 26.3. The van der Waals surface area contributed by atoms with Crippen molar-refractivity contribution in [2.24, 2.45) is 11.8 Å². The number of carbonyl (C=O) groups is 1. The average molecular weight is 509 g/mol. The van der Waals surface area contributed by atoms with Crippen LogP contribution in [0.1, 0.15) is 43.2 Å². The van der Waals surface area contributed by atoms with Crippen LogP contribution in [0.2, 0.25) is 0 Å². The van der Waals surface area contributed by atoms with E-state index in [4.69, 9.17) is 4.74 Å². The number of amides is 1. The quantitative estimate of drug-likeness (QED) is 0.283. The number of likely N-dealkylation sites (tertiary alicyclic amines) is 1. The van der Waals surface area contributed by atoms with Crippen LogP contribution in [-0.4, -0.2) is 43.2 Å². The number of quaternary nitrogens is 1. The second kappa shape index (κ2) is 11.8. The van der Waals surface area contributed by atoms with Crippen LogP contribution in [0.15, 0.2) is 91.0 Å². The summed E-state index contributed by atoms with van der Waals surface area (Å²) in [5, 5.41) is 13.0. The molecule has 2 aliphatic rings. The van der Waals surface area contributed by atoms with E-state index in [0.717, 1.165) is 73.1 Å². The van der Waals surface area contributed by atoms with Gasteiger partial charge in [0.15, 0.2) is 6.54 Å². The van der Waals surface area contributed by atoms with E-state index in [1.54, 1.807) is 0 Å². The number of hydrogen-bond donors (Lipinski definition) is 1. The summed E-state index contributed by atoms with van der Waals surface area (Å²) in [5.41, 5.74) is 1.82. The van der Waals surface area contributed by atoms with E-state index >= 15 is 0 Å². The summed E-state index contributed by atoms with van der Waals surface area (Å²) in [6, 6.07) is 33.1. The van der Waals surface area contributed by atoms with Crippen molar-refractivity contribution in [1.29, 1.82) is 5.26 Å². The molecule has 2 fully saturated rings. The van der Waals surface area contributed by atoms with Crippen molar-refractivity contribution in [3.05, 3.63) is 102 Å². The van der Waals surface area contributed by atoms with Crippen molar-refractivity contribution in [3.8, 4) is 11.8 Å². The molecule has 2 heterocycles. The van der Waals surface area contributed by atoms with Crippen molar-refractivity contribution < 1.29 is 14.0 Å². The molecule has 5 rings (SSSR count). The van der Waals surface area contributed by atoms with Gasteiger partial charge in [0.2, 0.25) is 5.91 Å². The number of rotatable bonds is 10. The molecule has 5 nitrogen and oxygen atoms in total. The minimum absolute atomic E-state index is 0.0374. The summed E-state index contributed by atoms with van der Waals surface area (Å²) < 4.78 is 6.76. The van der Waals surface area contributed by atoms with Crippen molar-refractivity contribution in [3.63, 3.8) is 0 Å². The molecule has 0 aliphatic carbocycles. The molecule has 0 saturated carbocycles. The van der Waals surface area contributed by atoms with E-state index in [1.165, 1.54) is 0 Å². The standard InChI is InChI=1S/C33H37N3O2/c34-21-23-36(24-25-38-31-14-8-3-9-15-31)22-19-27(26-36)16-17-28-18-20-33(35-32(28)37,29-10-4-1-5-11-29)30-12-6-2-7-13-30/h1-15,27-28H,16-20,22-26H2/p+1. The van der Waals surface area contributed by atoms with Gasteiger partial charge in [0.05, 0.1) is 18.6 Å². The number of carbonyl (C=O) groups excluding carboxylic acids is 1. The number of para-hydroxylation sites is 1. The first-order valence-electron chi connectivity index (χ1n) is 14.0. The molecule has 0 radical (unpaired) electrons. The number of hydrogen-bond acceptors (Lipinski definition) is 3. The molecule has 5 heteroatoms. The van der Waals surface area contributed by atoms with E-state index in [1.807, 2.05) is 42.5 Å². The van der Waals surface area contributed by atoms with Crippen molar-refractivity contribution in [2.45, 2.75) is 37.6 Å². The summed E-state index contributed by atoms with van der Waals surface area (Å²) in [4.78, 5) is 13.5. The molecule has 3 unspecified atom stereocenters. The second-order valence-corrected chi connectivity index (χ2v) is 11.0. The van der Waals surface area contributed by atoms with E-state index in [-0.39, 0.29) is 11.8 Å². The Balaban J connectivity index is 1.18. The third kappa shape index (κ3) is 5.76. The summed E-state index contributed by atoms with van der Waals surface area (Å²) >= 11 is 0. The van der Waals surface area contributed by atoms with Gasteiger partial charge in [-0.1, -0.05) is 78.9 Å². The summed E-state index contributed by atoms with van der Waals surface area (Å²) in [6.07, 6.45) is 4.83. The molecular formula is C33H38N3O2+. The first-order valence-corrected chi connectivity index (χ1v) is 14.0. The lowest BCUT2D eigenvalue weighted by Crippen LogP contribution is -2.53. The molecule has 0 spiro atoms. The topological polar surface area (TPSA) is 62.1 Å². The number of piperidine rings is 1. The van der Waals surface area contributed by atoms with Crippen LogP contribution in [0.3, 0.4) is 0 Å². The monoisotopic (exact) mass is 508 g/mol. The molecule has 3 aromatic rings. The third-order valence-electron chi connectivity index (χ3n) is 8.67. The second-order valence-electron chi connectivity index (χ2n) is 11.0. The Morgan fingerprint density at radius 1 is 0.895 bits per heavy atom. The van der Waals surface area contributed by atoms with Crippen LogP contribution in [0, 0.1) is 23.2 Å². The van der Waals surface area contributed by atoms with Crippen LogP contribution in [0.4, 0.5) is 0 Å². The van der Waals surface area contributed by atoms with E-state index in [2.05, 4.69) is 59.9 Å². The van der Waals surface area contributed by atoms with Crippen LogP contribution >= 0.6 is 0 Å². The van der Waals surface area contributed by atoms with Gasteiger partial charge < -0.3 is 14.5 Å². The Morgan fingerprint density at radius 3 is 2.13 bits per heavy atom. The lowest BCUT2D eigenvalue weighted by molar-refractivity contribution is -0.911. The molecule has 2 aliphatic heterocycles. The minimum atomic E-state index is -0.471. The fraction of sp³-hybridized carbons (Fsp3) is 0.394. The fourth-order valence-corrected chi connectivity index (χ4v) is 6.53. The molecule has 1 N–H and O–H groups in total. The molecule has 0 aromatic heterocycles. The largest absolute Gasteiger partial charge is 0.488 e. The highest BCUT2D eigenvalue weighted by atomic mass is 16.5. The maximum atomic E-state index is 13.5. The molecule has 3 aromatic carbocycles. The van der Waals surface area contributed by atoms with E-state index in [0.29, 0.717) is 19.1 Å². The minimum Gasteiger partial charge on any atom is -0.488 e. The molecular weight excluding hydrogens is 470 g/mol. The lowest BCUT2D eigenvalue weighted by Gasteiger charge is -2.42. The van der Waals surface area contributed by atoms with Gasteiger partial charge in [-0.05, 0) is 48.9 Å². The lowest BCUT2D eigenvalue weighted by atomic mass is 9.73. The number of nitriles is 1. The zero-order valence-corrected chi connectivity index (χ0v) is 22.1. The maximum Gasteiger partial charge on any atom is 0.224 e. The Labute approximate surface area is 226 Å². The normalized spacial score (nSPS) is 24.3. The zero-order valence-electron chi connectivity index (χ0n) is 22.1. The van der Waals surface area contributed by atoms with Gasteiger partial charge in [-0.2, -0.15) is 5.26 Å². The van der Waals surface area contributed by atoms with Gasteiger partial charge in [-0.3, -0.25) is 4.79 Å². The first-order chi connectivity index (χ1) is 18.6. The highest BCUT2D eigenvalue weighted by Crippen LogP contribution is 2.40. The number of nitrogens with zero attached hydrogens (tertiary/aromatic N) is 2. The van der Waals surface area contributed by atoms with Crippen molar-refractivity contribution in [2.75, 3.05) is 32.8 Å². The Bertz CT molecular complexity index is 1190. The predicted molar refractivity (Wildman–Crippen MR) is 149 cm³/mol. The Morgan fingerprint density at radius 2 is 1.53 bits per heavy atom. The molecule has 3 atom stereocenters. The molecule has 38 heavy (non-hydrogen) atoms. The van der Waals surface area contributed by atoms with Gasteiger partial charge in [0.1, 0.15) is 25.0 Å². The fourth-order valence-electron chi connectivity index (χ4n) is 6.53. The predicted octanol–water partition coefficient (Wildman–Crippen LogP) is 5.68. The van der Waals surface area contributed by atoms with Gasteiger partial charge in [0, 0.05) is 18.3 Å². The summed E-state index contributed by atoms with van der Waals surface area (Å²) in [6.45, 7) is 4.00. The molecule has 196 valence electrons. The van der Waals surface area contributed by atoms with Crippen molar-refractivity contribution in [1.82, 2.24) is 5.32 Å². The first kappa shape index (κ1) is 26.0. The van der Waals surface area contributed by atoms with Crippen LogP contribution in [0.25, 0.3) is 0 Å². The molecule has 2 saturated heterocycles. The SMILES string of the molecule is N#CC[N+]1(CCOc2ccccc2)CCC(CCC2CCC(c3ccccc3)(c3ccccc3)NC2=O)C1. The van der Waals surface area contributed by atoms with E-state index < -0.39 is 5.54 Å². The number of ether oxygens (including phenoxy) is 1. The summed E-state index contributed by atoms with van der Waals surface area (Å²) in [7, 11) is 0. The summed E-state index contributed by atoms with van der Waals surface area (Å²) in [5.74, 6) is 1.62. The average Bonchev–Trinajstić information content (AvgIpc) is 3.36. The number of nitrogens with one attached hydrogen (secondary N) is 1. The molecule has 1 amide bonds. The van der Waals surface area contributed by atoms with Crippen LogP contribution in [0.5, 0.6) is 5.75 Å². The van der Waals surface area contributed by atoms with Gasteiger partial charge in [0.25, 0.3) is 0 Å². The Hall–Kier alpha value is -3.62. The molecule has 0 bridgehead atoms. The van der Waals surface area contributed by atoms with Gasteiger partial charge in [-0.15, -0.1) is 0 Å². The highest BCUT2D eigenvalue weighted by Gasteiger charge is 2.43. The van der Waals surface area contributed by atoms with Crippen molar-refractivity contribution >= 4 is 5.91 Å². The van der Waals surface area contributed by atoms with Crippen LogP contribution < -0.4 is 10.1 Å². The van der Waals surface area contributed by atoms with Gasteiger partial charge in [-0.25, -0.2) is 0 Å². The Kier molecular flexibility index (Phi) is 8.10. The highest BCUT2D eigenvalue weighted by molar-refractivity contribution is 5.81. The third-order valence-corrected chi connectivity index (χ3v) is 8.67. The maximum absolute atomic E-state index is 13.5. The smallest absolute Gasteiger partial charge is 0.224 e.